The van der Waals surface area contributed by atoms with Gasteiger partial charge in [0.1, 0.15) is 29.9 Å². The number of nitrogens with one attached hydrogen (secondary N) is 1. The largest absolute Gasteiger partial charge is 0.489 e. The summed E-state index contributed by atoms with van der Waals surface area (Å²) in [5.74, 6) is -1.15. The van der Waals surface area contributed by atoms with E-state index in [1.807, 2.05) is 43.3 Å². The number of H-pyrrole nitrogens is 1. The Morgan fingerprint density at radius 1 is 1.06 bits per heavy atom. The van der Waals surface area contributed by atoms with Crippen molar-refractivity contribution in [1.82, 2.24) is 15.2 Å². The van der Waals surface area contributed by atoms with Crippen molar-refractivity contribution in [2.75, 3.05) is 0 Å². The van der Waals surface area contributed by atoms with Gasteiger partial charge in [0, 0.05) is 36.0 Å². The number of rotatable bonds is 11. The molecule has 0 aliphatic rings. The molecule has 0 aliphatic heterocycles. The number of hydrogen-bond donors (Lipinski definition) is 3. The highest BCUT2D eigenvalue weighted by atomic mass is 16.5. The van der Waals surface area contributed by atoms with Gasteiger partial charge >= 0.3 is 11.9 Å². The Bertz CT molecular complexity index is 1350. The van der Waals surface area contributed by atoms with E-state index in [4.69, 9.17) is 9.47 Å². The minimum atomic E-state index is -1.13. The predicted octanol–water partition coefficient (Wildman–Crippen LogP) is 5.04. The van der Waals surface area contributed by atoms with Gasteiger partial charge < -0.3 is 19.7 Å². The number of benzene rings is 2. The van der Waals surface area contributed by atoms with Gasteiger partial charge in [-0.25, -0.2) is 4.79 Å². The Balaban J connectivity index is 1.70. The Labute approximate surface area is 207 Å². The van der Waals surface area contributed by atoms with Gasteiger partial charge in [0.25, 0.3) is 0 Å². The maximum atomic E-state index is 11.4. The fraction of sp³-hybridized carbons (Fsp3) is 0.185. The number of hydrogen-bond acceptors (Lipinski definition) is 6. The number of carbonyl (C=O) groups is 2. The first kappa shape index (κ1) is 24.5. The summed E-state index contributed by atoms with van der Waals surface area (Å²) < 4.78 is 12.4. The third-order valence-corrected chi connectivity index (χ3v) is 5.59. The number of aromatic amines is 1. The number of aryl methyl sites for hydroxylation is 1. The second-order valence-corrected chi connectivity index (χ2v) is 8.18. The molecule has 3 N–H and O–H groups in total. The van der Waals surface area contributed by atoms with Gasteiger partial charge in [0.2, 0.25) is 0 Å². The molecule has 0 saturated heterocycles. The molecule has 0 fully saturated rings. The van der Waals surface area contributed by atoms with Crippen molar-refractivity contribution in [2.24, 2.45) is 0 Å². The van der Waals surface area contributed by atoms with E-state index >= 15 is 0 Å². The fourth-order valence-corrected chi connectivity index (χ4v) is 3.75. The molecule has 4 aromatic rings. The van der Waals surface area contributed by atoms with Crippen molar-refractivity contribution >= 4 is 11.9 Å². The molecule has 36 heavy (non-hydrogen) atoms. The van der Waals surface area contributed by atoms with E-state index in [1.54, 1.807) is 30.6 Å². The van der Waals surface area contributed by atoms with Crippen LogP contribution in [0, 0.1) is 6.92 Å². The van der Waals surface area contributed by atoms with Crippen molar-refractivity contribution in [2.45, 2.75) is 32.5 Å². The summed E-state index contributed by atoms with van der Waals surface area (Å²) in [4.78, 5) is 26.8. The zero-order valence-corrected chi connectivity index (χ0v) is 19.5. The van der Waals surface area contributed by atoms with Gasteiger partial charge in [-0.1, -0.05) is 30.3 Å². The van der Waals surface area contributed by atoms with Gasteiger partial charge in [-0.15, -0.1) is 0 Å². The van der Waals surface area contributed by atoms with E-state index < -0.39 is 18.0 Å². The van der Waals surface area contributed by atoms with Gasteiger partial charge in [0.05, 0.1) is 5.69 Å². The van der Waals surface area contributed by atoms with Crippen molar-refractivity contribution in [1.29, 1.82) is 0 Å². The quantitative estimate of drug-likeness (QED) is 0.268. The molecule has 2 aromatic carbocycles. The lowest BCUT2D eigenvalue weighted by Gasteiger charge is -2.23. The molecule has 1 atom stereocenters. The standard InChI is InChI=1S/C27H25N3O6/c1-17-5-2-3-7-20(17)24(10-11-26(31)32)36-25-13-19(35-16-18-6-4-12-28-15-18)8-9-21(25)22-14-23(27(33)34)30-29-22/h2-9,12-15,24H,10-11,16H2,1H3,(H,29,30)(H,31,32)(H,33,34)/t24-/m1/s1. The molecule has 0 radical (unpaired) electrons. The SMILES string of the molecule is Cc1ccccc1[C@@H](CCC(=O)O)Oc1cc(OCc2cccnc2)ccc1-c1cc(C(=O)O)[nH]n1. The summed E-state index contributed by atoms with van der Waals surface area (Å²) >= 11 is 0. The van der Waals surface area contributed by atoms with Crippen LogP contribution in [0.2, 0.25) is 0 Å². The van der Waals surface area contributed by atoms with Crippen molar-refractivity contribution in [3.8, 4) is 22.8 Å². The number of aromatic nitrogens is 3. The molecule has 9 heteroatoms. The zero-order chi connectivity index (χ0) is 25.5. The van der Waals surface area contributed by atoms with Crippen LogP contribution in [0.4, 0.5) is 0 Å². The summed E-state index contributed by atoms with van der Waals surface area (Å²) in [5, 5.41) is 25.2. The summed E-state index contributed by atoms with van der Waals surface area (Å²) in [7, 11) is 0. The number of carboxylic acids is 2. The van der Waals surface area contributed by atoms with Crippen molar-refractivity contribution in [3.63, 3.8) is 0 Å². The zero-order valence-electron chi connectivity index (χ0n) is 19.5. The maximum absolute atomic E-state index is 11.4. The number of carboxylic acid groups (broad SMARTS) is 2. The highest BCUT2D eigenvalue weighted by Gasteiger charge is 2.21. The second-order valence-electron chi connectivity index (χ2n) is 8.18. The van der Waals surface area contributed by atoms with Crippen LogP contribution in [-0.2, 0) is 11.4 Å². The summed E-state index contributed by atoms with van der Waals surface area (Å²) in [6.07, 6.45) is 2.98. The molecule has 9 nitrogen and oxygen atoms in total. The molecule has 184 valence electrons. The van der Waals surface area contributed by atoms with E-state index in [2.05, 4.69) is 15.2 Å². The van der Waals surface area contributed by atoms with E-state index in [-0.39, 0.29) is 18.5 Å². The lowest BCUT2D eigenvalue weighted by Crippen LogP contribution is -2.12. The average molecular weight is 488 g/mol. The van der Waals surface area contributed by atoms with Crippen LogP contribution in [0.3, 0.4) is 0 Å². The number of aliphatic carboxylic acids is 1. The Morgan fingerprint density at radius 3 is 2.58 bits per heavy atom. The highest BCUT2D eigenvalue weighted by molar-refractivity contribution is 5.87. The average Bonchev–Trinajstić information content (AvgIpc) is 3.37. The Kier molecular flexibility index (Phi) is 7.60. The van der Waals surface area contributed by atoms with Crippen LogP contribution in [-0.4, -0.2) is 37.3 Å². The van der Waals surface area contributed by atoms with Crippen LogP contribution in [0.1, 0.15) is 46.1 Å². The first-order valence-electron chi connectivity index (χ1n) is 11.3. The lowest BCUT2D eigenvalue weighted by atomic mass is 9.99. The molecular formula is C27H25N3O6. The molecule has 0 bridgehead atoms. The first-order chi connectivity index (χ1) is 17.4. The molecule has 0 unspecified atom stereocenters. The normalized spacial score (nSPS) is 11.6. The Hall–Kier alpha value is -4.66. The highest BCUT2D eigenvalue weighted by Crippen LogP contribution is 2.37. The van der Waals surface area contributed by atoms with Gasteiger partial charge in [-0.3, -0.25) is 14.9 Å². The summed E-state index contributed by atoms with van der Waals surface area (Å²) in [6.45, 7) is 2.23. The van der Waals surface area contributed by atoms with E-state index in [0.29, 0.717) is 29.4 Å². The minimum absolute atomic E-state index is 0.0609. The van der Waals surface area contributed by atoms with E-state index in [0.717, 1.165) is 16.7 Å². The molecule has 0 amide bonds. The maximum Gasteiger partial charge on any atom is 0.353 e. The number of nitrogens with zero attached hydrogens (tertiary/aromatic N) is 2. The minimum Gasteiger partial charge on any atom is -0.489 e. The number of aromatic carboxylic acids is 1. The number of ether oxygens (including phenoxy) is 2. The molecular weight excluding hydrogens is 462 g/mol. The molecule has 2 aromatic heterocycles. The van der Waals surface area contributed by atoms with Crippen LogP contribution < -0.4 is 9.47 Å². The number of pyridine rings is 1. The monoisotopic (exact) mass is 487 g/mol. The molecule has 0 aliphatic carbocycles. The van der Waals surface area contributed by atoms with Crippen LogP contribution >= 0.6 is 0 Å². The fourth-order valence-electron chi connectivity index (χ4n) is 3.75. The van der Waals surface area contributed by atoms with Gasteiger partial charge in [-0.05, 0) is 48.7 Å². The summed E-state index contributed by atoms with van der Waals surface area (Å²) in [5.41, 5.74) is 3.58. The Morgan fingerprint density at radius 2 is 1.89 bits per heavy atom. The molecule has 0 saturated carbocycles. The van der Waals surface area contributed by atoms with E-state index in [9.17, 15) is 19.8 Å². The van der Waals surface area contributed by atoms with Crippen molar-refractivity contribution < 1.29 is 29.3 Å². The second kappa shape index (κ2) is 11.2. The third kappa shape index (κ3) is 6.06. The molecule has 2 heterocycles. The summed E-state index contributed by atoms with van der Waals surface area (Å²) in [6, 6.07) is 17.9. The van der Waals surface area contributed by atoms with E-state index in [1.165, 1.54) is 6.07 Å². The van der Waals surface area contributed by atoms with Crippen molar-refractivity contribution in [3.05, 3.63) is 95.4 Å². The van der Waals surface area contributed by atoms with Gasteiger partial charge in [-0.2, -0.15) is 5.10 Å². The molecule has 0 spiro atoms. The topological polar surface area (TPSA) is 135 Å². The van der Waals surface area contributed by atoms with Crippen LogP contribution in [0.25, 0.3) is 11.3 Å². The van der Waals surface area contributed by atoms with Crippen LogP contribution in [0.5, 0.6) is 11.5 Å². The predicted molar refractivity (Wildman–Crippen MR) is 131 cm³/mol. The first-order valence-corrected chi connectivity index (χ1v) is 11.3. The molecule has 4 rings (SSSR count). The van der Waals surface area contributed by atoms with Gasteiger partial charge in [0.15, 0.2) is 0 Å². The van der Waals surface area contributed by atoms with Crippen LogP contribution in [0.15, 0.2) is 73.1 Å². The lowest BCUT2D eigenvalue weighted by molar-refractivity contribution is -0.137. The third-order valence-electron chi connectivity index (χ3n) is 5.59. The smallest absolute Gasteiger partial charge is 0.353 e.